The predicted molar refractivity (Wildman–Crippen MR) is 78.4 cm³/mol. The quantitative estimate of drug-likeness (QED) is 0.753. The number of pyridine rings is 1. The molecule has 2 aromatic heterocycles. The Bertz CT molecular complexity index is 823. The van der Waals surface area contributed by atoms with Crippen LogP contribution in [-0.2, 0) is 0 Å². The fourth-order valence-electron chi connectivity index (χ4n) is 2.06. The minimum atomic E-state index is -1.18. The van der Waals surface area contributed by atoms with Crippen molar-refractivity contribution in [1.29, 1.82) is 0 Å². The topological polar surface area (TPSA) is 70.4 Å². The van der Waals surface area contributed by atoms with Crippen LogP contribution in [0.15, 0.2) is 36.4 Å². The highest BCUT2D eigenvalue weighted by atomic mass is 32.1. The number of aromatic nitrogens is 1. The first-order valence-corrected chi connectivity index (χ1v) is 6.80. The van der Waals surface area contributed by atoms with Gasteiger partial charge in [0.2, 0.25) is 5.88 Å². The number of aromatic hydroxyl groups is 1. The molecule has 3 aromatic rings. The fraction of sp³-hybridized carbons (Fsp3) is 0.0667. The Kier molecular flexibility index (Phi) is 2.91. The minimum Gasteiger partial charge on any atom is -0.493 e. The van der Waals surface area contributed by atoms with Crippen LogP contribution in [0.25, 0.3) is 20.7 Å². The lowest BCUT2D eigenvalue weighted by Gasteiger charge is -1.97. The van der Waals surface area contributed by atoms with Crippen molar-refractivity contribution in [3.05, 3.63) is 47.5 Å². The van der Waals surface area contributed by atoms with Crippen LogP contribution in [0.4, 0.5) is 0 Å². The summed E-state index contributed by atoms with van der Waals surface area (Å²) >= 11 is 1.43. The van der Waals surface area contributed by atoms with E-state index in [1.165, 1.54) is 17.4 Å². The maximum Gasteiger partial charge on any atom is 0.341 e. The number of carboxylic acids is 1. The van der Waals surface area contributed by atoms with Gasteiger partial charge in [0.25, 0.3) is 0 Å². The zero-order chi connectivity index (χ0) is 14.3. The van der Waals surface area contributed by atoms with E-state index in [1.54, 1.807) is 0 Å². The zero-order valence-corrected chi connectivity index (χ0v) is 11.4. The second kappa shape index (κ2) is 4.61. The number of carbonyl (C=O) groups is 1. The van der Waals surface area contributed by atoms with E-state index in [1.807, 2.05) is 31.2 Å². The number of fused-ring (bicyclic) bond motifs is 1. The van der Waals surface area contributed by atoms with Crippen LogP contribution in [0.3, 0.4) is 0 Å². The van der Waals surface area contributed by atoms with Gasteiger partial charge < -0.3 is 10.2 Å². The number of nitrogens with zero attached hydrogens (tertiary/aromatic N) is 1. The number of thiophene rings is 1. The maximum atomic E-state index is 11.0. The smallest absolute Gasteiger partial charge is 0.341 e. The van der Waals surface area contributed by atoms with Gasteiger partial charge in [-0.05, 0) is 24.6 Å². The molecule has 0 spiro atoms. The highest BCUT2D eigenvalue weighted by Gasteiger charge is 2.14. The number of hydrogen-bond donors (Lipinski definition) is 2. The molecule has 4 nitrogen and oxygen atoms in total. The Morgan fingerprint density at radius 1 is 1.25 bits per heavy atom. The lowest BCUT2D eigenvalue weighted by molar-refractivity contribution is 0.0693. The van der Waals surface area contributed by atoms with Crippen LogP contribution in [0.1, 0.15) is 15.9 Å². The van der Waals surface area contributed by atoms with Gasteiger partial charge in [-0.15, -0.1) is 11.3 Å². The highest BCUT2D eigenvalue weighted by molar-refractivity contribution is 7.21. The Morgan fingerprint density at radius 2 is 2.05 bits per heavy atom. The van der Waals surface area contributed by atoms with Crippen LogP contribution in [0, 0.1) is 6.92 Å². The number of aromatic carboxylic acids is 1. The van der Waals surface area contributed by atoms with Crippen molar-refractivity contribution >= 4 is 27.5 Å². The average Bonchev–Trinajstić information content (AvgIpc) is 2.80. The molecule has 2 N–H and O–H groups in total. The molecule has 0 radical (unpaired) electrons. The van der Waals surface area contributed by atoms with Gasteiger partial charge in [-0.3, -0.25) is 0 Å². The molecule has 1 aromatic carbocycles. The molecule has 0 fully saturated rings. The number of rotatable bonds is 2. The van der Waals surface area contributed by atoms with E-state index in [2.05, 4.69) is 11.1 Å². The van der Waals surface area contributed by atoms with Crippen molar-refractivity contribution in [2.24, 2.45) is 0 Å². The lowest BCUT2D eigenvalue weighted by atomic mass is 10.1. The molecule has 2 heterocycles. The number of hydrogen-bond acceptors (Lipinski definition) is 4. The Labute approximate surface area is 119 Å². The summed E-state index contributed by atoms with van der Waals surface area (Å²) in [5.74, 6) is -1.62. The molecule has 100 valence electrons. The molecule has 0 atom stereocenters. The molecule has 0 aliphatic heterocycles. The summed E-state index contributed by atoms with van der Waals surface area (Å²) in [7, 11) is 0. The Hall–Kier alpha value is -2.40. The molecule has 0 unspecified atom stereocenters. The van der Waals surface area contributed by atoms with E-state index >= 15 is 0 Å². The van der Waals surface area contributed by atoms with Gasteiger partial charge in [0.15, 0.2) is 0 Å². The summed E-state index contributed by atoms with van der Waals surface area (Å²) < 4.78 is 0. The van der Waals surface area contributed by atoms with Gasteiger partial charge in [-0.2, -0.15) is 0 Å². The number of benzene rings is 1. The van der Waals surface area contributed by atoms with Gasteiger partial charge >= 0.3 is 5.97 Å². The Morgan fingerprint density at radius 3 is 2.75 bits per heavy atom. The van der Waals surface area contributed by atoms with E-state index in [0.29, 0.717) is 4.83 Å². The molecule has 3 rings (SSSR count). The number of carboxylic acid groups (broad SMARTS) is 1. The summed E-state index contributed by atoms with van der Waals surface area (Å²) in [6.45, 7) is 2.02. The predicted octanol–water partition coefficient (Wildman–Crippen LogP) is 3.68. The summed E-state index contributed by atoms with van der Waals surface area (Å²) in [4.78, 5) is 16.6. The monoisotopic (exact) mass is 285 g/mol. The third-order valence-corrected chi connectivity index (χ3v) is 4.12. The summed E-state index contributed by atoms with van der Waals surface area (Å²) in [5, 5.41) is 19.3. The van der Waals surface area contributed by atoms with Crippen LogP contribution < -0.4 is 0 Å². The third kappa shape index (κ3) is 2.12. The number of aryl methyl sites for hydroxylation is 1. The largest absolute Gasteiger partial charge is 0.493 e. The SMILES string of the molecule is Cc1cccc(-c2cc3cc(C(=O)O)c(O)nc3s2)c1. The summed E-state index contributed by atoms with van der Waals surface area (Å²) in [5.41, 5.74) is 2.04. The van der Waals surface area contributed by atoms with E-state index in [4.69, 9.17) is 5.11 Å². The standard InChI is InChI=1S/C15H11NO3S/c1-8-3-2-4-9(5-8)12-7-10-6-11(15(18)19)13(17)16-14(10)20-12/h2-7H,1H3,(H,16,17)(H,18,19). The van der Waals surface area contributed by atoms with Crippen LogP contribution >= 0.6 is 11.3 Å². The first-order valence-electron chi connectivity index (χ1n) is 5.98. The summed E-state index contributed by atoms with van der Waals surface area (Å²) in [6, 6.07) is 11.4. The normalized spacial score (nSPS) is 10.8. The first-order chi connectivity index (χ1) is 9.54. The molecular formula is C15H11NO3S. The summed E-state index contributed by atoms with van der Waals surface area (Å²) in [6.07, 6.45) is 0. The van der Waals surface area contributed by atoms with Gasteiger partial charge in [-0.1, -0.05) is 29.8 Å². The minimum absolute atomic E-state index is 0.175. The molecular weight excluding hydrogens is 274 g/mol. The third-order valence-electron chi connectivity index (χ3n) is 3.02. The second-order valence-electron chi connectivity index (χ2n) is 4.54. The first kappa shape index (κ1) is 12.6. The average molecular weight is 285 g/mol. The van der Waals surface area contributed by atoms with Crippen LogP contribution in [0.5, 0.6) is 5.88 Å². The van der Waals surface area contributed by atoms with Crippen LogP contribution in [-0.4, -0.2) is 21.2 Å². The highest BCUT2D eigenvalue weighted by Crippen LogP contribution is 2.34. The fourth-order valence-corrected chi connectivity index (χ4v) is 3.07. The van der Waals surface area contributed by atoms with Crippen molar-refractivity contribution in [3.8, 4) is 16.3 Å². The molecule has 20 heavy (non-hydrogen) atoms. The molecule has 5 heteroatoms. The van der Waals surface area contributed by atoms with E-state index in [0.717, 1.165) is 21.4 Å². The lowest BCUT2D eigenvalue weighted by Crippen LogP contribution is -1.97. The second-order valence-corrected chi connectivity index (χ2v) is 5.57. The van der Waals surface area contributed by atoms with E-state index in [-0.39, 0.29) is 5.56 Å². The van der Waals surface area contributed by atoms with Gasteiger partial charge in [0.05, 0.1) is 0 Å². The van der Waals surface area contributed by atoms with Gasteiger partial charge in [0.1, 0.15) is 10.4 Å². The van der Waals surface area contributed by atoms with Crippen LogP contribution in [0.2, 0.25) is 0 Å². The molecule has 0 aliphatic rings. The molecule has 0 bridgehead atoms. The molecule has 0 aliphatic carbocycles. The van der Waals surface area contributed by atoms with Crippen molar-refractivity contribution in [2.45, 2.75) is 6.92 Å². The maximum absolute atomic E-state index is 11.0. The molecule has 0 saturated heterocycles. The van der Waals surface area contributed by atoms with Crippen molar-refractivity contribution < 1.29 is 15.0 Å². The van der Waals surface area contributed by atoms with Crippen molar-refractivity contribution in [2.75, 3.05) is 0 Å². The Balaban J connectivity index is 2.18. The van der Waals surface area contributed by atoms with Crippen molar-refractivity contribution in [1.82, 2.24) is 4.98 Å². The molecule has 0 amide bonds. The van der Waals surface area contributed by atoms with Gasteiger partial charge in [-0.25, -0.2) is 9.78 Å². The van der Waals surface area contributed by atoms with Crippen molar-refractivity contribution in [3.63, 3.8) is 0 Å². The molecule has 0 saturated carbocycles. The van der Waals surface area contributed by atoms with E-state index in [9.17, 15) is 9.90 Å². The van der Waals surface area contributed by atoms with E-state index < -0.39 is 11.8 Å². The zero-order valence-electron chi connectivity index (χ0n) is 10.6. The van der Waals surface area contributed by atoms with Gasteiger partial charge in [0, 0.05) is 10.3 Å².